The molecule has 1 heterocycles. The molecule has 1 aromatic heterocycles. The summed E-state index contributed by atoms with van der Waals surface area (Å²) in [6.07, 6.45) is 0. The molecule has 2 rings (SSSR count). The van der Waals surface area contributed by atoms with Crippen molar-refractivity contribution < 1.29 is 9.90 Å². The fraction of sp³-hybridized carbons (Fsp3) is 0.385. The number of fused-ring (bicyclic) bond motifs is 1. The number of carboxylic acid groups (broad SMARTS) is 1. The molecule has 0 amide bonds. The Hall–Kier alpha value is -1.84. The topological polar surface area (TPSA) is 55.1 Å². The number of aromatic nitrogens is 2. The number of para-hydroxylation sites is 2. The number of aliphatic carboxylic acids is 1. The van der Waals surface area contributed by atoms with Crippen molar-refractivity contribution in [1.82, 2.24) is 9.55 Å². The van der Waals surface area contributed by atoms with Gasteiger partial charge < -0.3 is 9.67 Å². The molecular weight excluding hydrogens is 216 g/mol. The zero-order valence-corrected chi connectivity index (χ0v) is 10.2. The van der Waals surface area contributed by atoms with E-state index in [4.69, 9.17) is 5.11 Å². The molecule has 90 valence electrons. The second kappa shape index (κ2) is 4.20. The summed E-state index contributed by atoms with van der Waals surface area (Å²) in [5.74, 6) is -0.368. The Bertz CT molecular complexity index is 560. The third-order valence-electron chi connectivity index (χ3n) is 3.29. The summed E-state index contributed by atoms with van der Waals surface area (Å²) in [5, 5.41) is 9.08. The maximum Gasteiger partial charge on any atom is 0.308 e. The Balaban J connectivity index is 2.54. The van der Waals surface area contributed by atoms with Crippen LogP contribution in [0.15, 0.2) is 24.3 Å². The van der Waals surface area contributed by atoms with Crippen LogP contribution in [0.25, 0.3) is 11.0 Å². The van der Waals surface area contributed by atoms with E-state index in [0.29, 0.717) is 0 Å². The highest BCUT2D eigenvalue weighted by atomic mass is 16.4. The van der Waals surface area contributed by atoms with Crippen LogP contribution in [0.3, 0.4) is 0 Å². The van der Waals surface area contributed by atoms with E-state index in [-0.39, 0.29) is 6.04 Å². The van der Waals surface area contributed by atoms with Crippen molar-refractivity contribution in [1.29, 1.82) is 0 Å². The summed E-state index contributed by atoms with van der Waals surface area (Å²) in [6.45, 7) is 5.55. The molecule has 0 radical (unpaired) electrons. The Morgan fingerprint density at radius 2 is 2.00 bits per heavy atom. The molecule has 1 aromatic carbocycles. The van der Waals surface area contributed by atoms with Crippen LogP contribution in [-0.2, 0) is 4.79 Å². The van der Waals surface area contributed by atoms with Crippen LogP contribution in [0.5, 0.6) is 0 Å². The minimum absolute atomic E-state index is 0.111. The van der Waals surface area contributed by atoms with Gasteiger partial charge in [0.05, 0.1) is 17.0 Å². The lowest BCUT2D eigenvalue weighted by Gasteiger charge is -2.20. The molecule has 0 bridgehead atoms. The second-order valence-electron chi connectivity index (χ2n) is 4.39. The van der Waals surface area contributed by atoms with E-state index in [1.54, 1.807) is 6.92 Å². The van der Waals surface area contributed by atoms with Crippen molar-refractivity contribution in [3.63, 3.8) is 0 Å². The van der Waals surface area contributed by atoms with Gasteiger partial charge in [0.15, 0.2) is 0 Å². The molecule has 2 aromatic rings. The summed E-state index contributed by atoms with van der Waals surface area (Å²) < 4.78 is 1.99. The van der Waals surface area contributed by atoms with Gasteiger partial charge in [0.2, 0.25) is 0 Å². The zero-order valence-electron chi connectivity index (χ0n) is 10.2. The van der Waals surface area contributed by atoms with Crippen LogP contribution in [0.4, 0.5) is 0 Å². The normalized spacial score (nSPS) is 14.8. The van der Waals surface area contributed by atoms with Gasteiger partial charge in [-0.25, -0.2) is 4.98 Å². The molecule has 0 spiro atoms. The van der Waals surface area contributed by atoms with Crippen LogP contribution < -0.4 is 0 Å². The number of hydrogen-bond acceptors (Lipinski definition) is 2. The van der Waals surface area contributed by atoms with Gasteiger partial charge >= 0.3 is 5.97 Å². The highest BCUT2D eigenvalue weighted by Gasteiger charge is 2.23. The first-order valence-corrected chi connectivity index (χ1v) is 5.68. The summed E-state index contributed by atoms with van der Waals surface area (Å²) in [7, 11) is 0. The maximum atomic E-state index is 11.0. The van der Waals surface area contributed by atoms with Crippen LogP contribution in [0.1, 0.15) is 25.7 Å². The molecule has 0 aliphatic rings. The quantitative estimate of drug-likeness (QED) is 0.885. The van der Waals surface area contributed by atoms with Crippen LogP contribution in [-0.4, -0.2) is 20.6 Å². The molecule has 0 aliphatic heterocycles. The van der Waals surface area contributed by atoms with Crippen molar-refractivity contribution in [3.8, 4) is 0 Å². The molecule has 2 atom stereocenters. The summed E-state index contributed by atoms with van der Waals surface area (Å²) in [6, 6.07) is 7.68. The maximum absolute atomic E-state index is 11.0. The number of benzene rings is 1. The largest absolute Gasteiger partial charge is 0.481 e. The molecule has 0 fully saturated rings. The first-order chi connectivity index (χ1) is 8.02. The van der Waals surface area contributed by atoms with Crippen LogP contribution >= 0.6 is 0 Å². The SMILES string of the molecule is Cc1nc2ccccc2n1C(C)C(C)C(=O)O. The summed E-state index contributed by atoms with van der Waals surface area (Å²) >= 11 is 0. The molecule has 4 nitrogen and oxygen atoms in total. The van der Waals surface area contributed by atoms with Crippen molar-refractivity contribution in [2.24, 2.45) is 5.92 Å². The highest BCUT2D eigenvalue weighted by Crippen LogP contribution is 2.25. The Morgan fingerprint density at radius 3 is 2.65 bits per heavy atom. The fourth-order valence-electron chi connectivity index (χ4n) is 2.11. The third-order valence-corrected chi connectivity index (χ3v) is 3.29. The van der Waals surface area contributed by atoms with Gasteiger partial charge in [-0.05, 0) is 32.9 Å². The van der Waals surface area contributed by atoms with Crippen molar-refractivity contribution in [2.45, 2.75) is 26.8 Å². The average molecular weight is 232 g/mol. The van der Waals surface area contributed by atoms with Gasteiger partial charge in [-0.3, -0.25) is 4.79 Å². The molecule has 0 aliphatic carbocycles. The minimum atomic E-state index is -0.783. The van der Waals surface area contributed by atoms with E-state index in [0.717, 1.165) is 16.9 Å². The number of hydrogen-bond donors (Lipinski definition) is 1. The molecule has 17 heavy (non-hydrogen) atoms. The third kappa shape index (κ3) is 1.90. The second-order valence-corrected chi connectivity index (χ2v) is 4.39. The van der Waals surface area contributed by atoms with E-state index in [1.807, 2.05) is 42.7 Å². The van der Waals surface area contributed by atoms with E-state index >= 15 is 0 Å². The number of aryl methyl sites for hydroxylation is 1. The lowest BCUT2D eigenvalue weighted by molar-refractivity contribution is -0.142. The highest BCUT2D eigenvalue weighted by molar-refractivity contribution is 5.77. The monoisotopic (exact) mass is 232 g/mol. The summed E-state index contributed by atoms with van der Waals surface area (Å²) in [4.78, 5) is 15.5. The summed E-state index contributed by atoms with van der Waals surface area (Å²) in [5.41, 5.74) is 1.90. The van der Waals surface area contributed by atoms with E-state index in [9.17, 15) is 4.79 Å². The standard InChI is InChI=1S/C13H16N2O2/c1-8(13(16)17)9(2)15-10(3)14-11-6-4-5-7-12(11)15/h4-9H,1-3H3,(H,16,17). The van der Waals surface area contributed by atoms with Crippen molar-refractivity contribution in [2.75, 3.05) is 0 Å². The minimum Gasteiger partial charge on any atom is -0.481 e. The van der Waals surface area contributed by atoms with Gasteiger partial charge in [0.25, 0.3) is 0 Å². The number of carbonyl (C=O) groups is 1. The van der Waals surface area contributed by atoms with E-state index in [2.05, 4.69) is 4.98 Å². The number of nitrogens with zero attached hydrogens (tertiary/aromatic N) is 2. The fourth-order valence-corrected chi connectivity index (χ4v) is 2.11. The number of rotatable bonds is 3. The number of imidazole rings is 1. The van der Waals surface area contributed by atoms with Crippen LogP contribution in [0.2, 0.25) is 0 Å². The molecule has 0 saturated heterocycles. The molecule has 0 saturated carbocycles. The Morgan fingerprint density at radius 1 is 1.35 bits per heavy atom. The van der Waals surface area contributed by atoms with Gasteiger partial charge in [-0.15, -0.1) is 0 Å². The first-order valence-electron chi connectivity index (χ1n) is 5.68. The zero-order chi connectivity index (χ0) is 12.6. The van der Waals surface area contributed by atoms with Crippen molar-refractivity contribution in [3.05, 3.63) is 30.1 Å². The van der Waals surface area contributed by atoms with Gasteiger partial charge in [0.1, 0.15) is 5.82 Å². The lowest BCUT2D eigenvalue weighted by Crippen LogP contribution is -2.22. The van der Waals surface area contributed by atoms with E-state index in [1.165, 1.54) is 0 Å². The predicted octanol–water partition coefficient (Wildman–Crippen LogP) is 2.63. The molecular formula is C13H16N2O2. The van der Waals surface area contributed by atoms with Crippen molar-refractivity contribution >= 4 is 17.0 Å². The lowest BCUT2D eigenvalue weighted by atomic mass is 10.0. The molecule has 4 heteroatoms. The molecule has 2 unspecified atom stereocenters. The van der Waals surface area contributed by atoms with E-state index < -0.39 is 11.9 Å². The molecule has 1 N–H and O–H groups in total. The van der Waals surface area contributed by atoms with Gasteiger partial charge in [-0.1, -0.05) is 12.1 Å². The van der Waals surface area contributed by atoms with Gasteiger partial charge in [0, 0.05) is 6.04 Å². The Labute approximate surface area is 99.9 Å². The Kier molecular flexibility index (Phi) is 2.88. The predicted molar refractivity (Wildman–Crippen MR) is 66.0 cm³/mol. The average Bonchev–Trinajstić information content (AvgIpc) is 2.62. The number of carboxylic acids is 1. The first kappa shape index (κ1) is 11.6. The van der Waals surface area contributed by atoms with Crippen LogP contribution in [0, 0.1) is 12.8 Å². The van der Waals surface area contributed by atoms with Gasteiger partial charge in [-0.2, -0.15) is 0 Å². The smallest absolute Gasteiger partial charge is 0.308 e.